The minimum atomic E-state index is 0.314. The normalized spacial score (nSPS) is 21.6. The van der Waals surface area contributed by atoms with Crippen molar-refractivity contribution in [2.24, 2.45) is 5.92 Å². The van der Waals surface area contributed by atoms with Crippen molar-refractivity contribution in [3.63, 3.8) is 0 Å². The number of rotatable bonds is 4. The second-order valence-corrected chi connectivity index (χ2v) is 6.70. The van der Waals surface area contributed by atoms with E-state index in [9.17, 15) is 0 Å². The summed E-state index contributed by atoms with van der Waals surface area (Å²) in [6.07, 6.45) is 10.4. The number of anilines is 3. The molecule has 0 bridgehead atoms. The summed E-state index contributed by atoms with van der Waals surface area (Å²) in [5.41, 5.74) is 5.89. The van der Waals surface area contributed by atoms with Crippen molar-refractivity contribution < 1.29 is 0 Å². The van der Waals surface area contributed by atoms with E-state index in [1.807, 2.05) is 0 Å². The highest BCUT2D eigenvalue weighted by molar-refractivity contribution is 5.42. The van der Waals surface area contributed by atoms with E-state index in [0.29, 0.717) is 23.9 Å². The SMILES string of the molecule is C[C@@H](Nc1nc(N)nc(N2CCCCC2)n1)C1CCCCC1. The molecule has 1 aliphatic heterocycles. The van der Waals surface area contributed by atoms with Crippen molar-refractivity contribution >= 4 is 17.8 Å². The van der Waals surface area contributed by atoms with Gasteiger partial charge in [0.1, 0.15) is 0 Å². The van der Waals surface area contributed by atoms with Crippen LogP contribution in [0.4, 0.5) is 17.8 Å². The molecule has 0 radical (unpaired) electrons. The lowest BCUT2D eigenvalue weighted by molar-refractivity contribution is 0.327. The number of hydrogen-bond donors (Lipinski definition) is 2. The number of nitrogens with two attached hydrogens (primary N) is 1. The zero-order chi connectivity index (χ0) is 15.4. The van der Waals surface area contributed by atoms with Crippen LogP contribution in [0.1, 0.15) is 58.3 Å². The molecule has 3 rings (SSSR count). The largest absolute Gasteiger partial charge is 0.368 e. The first kappa shape index (κ1) is 15.3. The van der Waals surface area contributed by atoms with Gasteiger partial charge in [0.05, 0.1) is 0 Å². The lowest BCUT2D eigenvalue weighted by atomic mass is 9.85. The average molecular weight is 304 g/mol. The van der Waals surface area contributed by atoms with Crippen LogP contribution in [-0.2, 0) is 0 Å². The molecule has 0 amide bonds. The highest BCUT2D eigenvalue weighted by atomic mass is 15.3. The summed E-state index contributed by atoms with van der Waals surface area (Å²) in [4.78, 5) is 15.4. The third kappa shape index (κ3) is 3.78. The maximum atomic E-state index is 5.89. The summed E-state index contributed by atoms with van der Waals surface area (Å²) < 4.78 is 0. The smallest absolute Gasteiger partial charge is 0.231 e. The van der Waals surface area contributed by atoms with E-state index < -0.39 is 0 Å². The van der Waals surface area contributed by atoms with Crippen LogP contribution < -0.4 is 16.0 Å². The second kappa shape index (κ2) is 7.11. The fourth-order valence-electron chi connectivity index (χ4n) is 3.64. The van der Waals surface area contributed by atoms with Crippen LogP contribution in [0.25, 0.3) is 0 Å². The molecule has 2 aliphatic rings. The molecule has 6 nitrogen and oxygen atoms in total. The molecule has 3 N–H and O–H groups in total. The molecular weight excluding hydrogens is 276 g/mol. The van der Waals surface area contributed by atoms with Gasteiger partial charge in [-0.3, -0.25) is 0 Å². The zero-order valence-corrected chi connectivity index (χ0v) is 13.6. The van der Waals surface area contributed by atoms with Crippen LogP contribution in [-0.4, -0.2) is 34.1 Å². The lowest BCUT2D eigenvalue weighted by Gasteiger charge is -2.29. The number of nitrogens with zero attached hydrogens (tertiary/aromatic N) is 4. The number of nitrogen functional groups attached to an aromatic ring is 1. The van der Waals surface area contributed by atoms with Crippen LogP contribution >= 0.6 is 0 Å². The van der Waals surface area contributed by atoms with E-state index >= 15 is 0 Å². The van der Waals surface area contributed by atoms with Gasteiger partial charge in [-0.1, -0.05) is 19.3 Å². The highest BCUT2D eigenvalue weighted by Gasteiger charge is 2.22. The molecule has 1 saturated carbocycles. The van der Waals surface area contributed by atoms with Crippen LogP contribution in [0.3, 0.4) is 0 Å². The first-order chi connectivity index (χ1) is 10.7. The van der Waals surface area contributed by atoms with E-state index in [-0.39, 0.29) is 0 Å². The van der Waals surface area contributed by atoms with Crippen LogP contribution in [0.15, 0.2) is 0 Å². The Hall–Kier alpha value is -1.59. The van der Waals surface area contributed by atoms with E-state index in [0.717, 1.165) is 19.0 Å². The number of piperidine rings is 1. The van der Waals surface area contributed by atoms with E-state index in [1.54, 1.807) is 0 Å². The van der Waals surface area contributed by atoms with Gasteiger partial charge in [-0.05, 0) is 44.9 Å². The van der Waals surface area contributed by atoms with Gasteiger partial charge >= 0.3 is 0 Å². The standard InChI is InChI=1S/C16H28N6/c1-12(13-8-4-2-5-9-13)18-15-19-14(17)20-16(21-15)22-10-6-3-7-11-22/h12-13H,2-11H2,1H3,(H3,17,18,19,20,21)/t12-/m1/s1. The van der Waals surface area contributed by atoms with Gasteiger partial charge < -0.3 is 16.0 Å². The van der Waals surface area contributed by atoms with Crippen molar-refractivity contribution in [1.29, 1.82) is 0 Å². The molecule has 1 aromatic rings. The Bertz CT molecular complexity index is 480. The van der Waals surface area contributed by atoms with Crippen molar-refractivity contribution in [2.45, 2.75) is 64.3 Å². The summed E-state index contributed by atoms with van der Waals surface area (Å²) in [6, 6.07) is 0.385. The van der Waals surface area contributed by atoms with Gasteiger partial charge in [-0.2, -0.15) is 15.0 Å². The Labute approximate surface area is 132 Å². The first-order valence-electron chi connectivity index (χ1n) is 8.75. The van der Waals surface area contributed by atoms with Gasteiger partial charge in [0.2, 0.25) is 17.8 Å². The van der Waals surface area contributed by atoms with Gasteiger partial charge in [0, 0.05) is 19.1 Å². The Morgan fingerprint density at radius 1 is 1.00 bits per heavy atom. The second-order valence-electron chi connectivity index (χ2n) is 6.70. The fourth-order valence-corrected chi connectivity index (χ4v) is 3.64. The van der Waals surface area contributed by atoms with E-state index in [2.05, 4.69) is 32.1 Å². The third-order valence-corrected chi connectivity index (χ3v) is 4.99. The van der Waals surface area contributed by atoms with Gasteiger partial charge in [0.15, 0.2) is 0 Å². The van der Waals surface area contributed by atoms with Crippen molar-refractivity contribution in [2.75, 3.05) is 29.0 Å². The van der Waals surface area contributed by atoms with Crippen molar-refractivity contribution in [3.05, 3.63) is 0 Å². The lowest BCUT2D eigenvalue weighted by Crippen LogP contribution is -2.32. The third-order valence-electron chi connectivity index (χ3n) is 4.99. The molecule has 0 spiro atoms. The molecule has 1 aromatic heterocycles. The quantitative estimate of drug-likeness (QED) is 0.890. The minimum Gasteiger partial charge on any atom is -0.368 e. The number of hydrogen-bond acceptors (Lipinski definition) is 6. The van der Waals surface area contributed by atoms with Crippen molar-refractivity contribution in [1.82, 2.24) is 15.0 Å². The molecule has 2 fully saturated rings. The number of nitrogens with one attached hydrogen (secondary N) is 1. The molecule has 6 heteroatoms. The molecule has 0 unspecified atom stereocenters. The maximum absolute atomic E-state index is 5.89. The molecule has 1 saturated heterocycles. The maximum Gasteiger partial charge on any atom is 0.231 e. The van der Waals surface area contributed by atoms with E-state index in [4.69, 9.17) is 5.73 Å². The molecule has 0 aromatic carbocycles. The van der Waals surface area contributed by atoms with Crippen LogP contribution in [0.2, 0.25) is 0 Å². The van der Waals surface area contributed by atoms with Gasteiger partial charge in [-0.25, -0.2) is 0 Å². The zero-order valence-electron chi connectivity index (χ0n) is 13.6. The molecular formula is C16H28N6. The fraction of sp³-hybridized carbons (Fsp3) is 0.812. The van der Waals surface area contributed by atoms with Gasteiger partial charge in [-0.15, -0.1) is 0 Å². The first-order valence-corrected chi connectivity index (χ1v) is 8.75. The predicted molar refractivity (Wildman–Crippen MR) is 90.0 cm³/mol. The summed E-state index contributed by atoms with van der Waals surface area (Å²) >= 11 is 0. The summed E-state index contributed by atoms with van der Waals surface area (Å²) in [5, 5.41) is 3.46. The summed E-state index contributed by atoms with van der Waals surface area (Å²) in [5.74, 6) is 2.38. The van der Waals surface area contributed by atoms with Crippen LogP contribution in [0, 0.1) is 5.92 Å². The van der Waals surface area contributed by atoms with Crippen LogP contribution in [0.5, 0.6) is 0 Å². The number of aromatic nitrogens is 3. The van der Waals surface area contributed by atoms with E-state index in [1.165, 1.54) is 51.4 Å². The minimum absolute atomic E-state index is 0.314. The Balaban J connectivity index is 1.68. The average Bonchev–Trinajstić information content (AvgIpc) is 2.56. The monoisotopic (exact) mass is 304 g/mol. The molecule has 2 heterocycles. The Morgan fingerprint density at radius 2 is 1.68 bits per heavy atom. The molecule has 22 heavy (non-hydrogen) atoms. The predicted octanol–water partition coefficient (Wildman–Crippen LogP) is 2.82. The molecule has 122 valence electrons. The Kier molecular flexibility index (Phi) is 4.95. The van der Waals surface area contributed by atoms with Crippen molar-refractivity contribution in [3.8, 4) is 0 Å². The Morgan fingerprint density at radius 3 is 2.41 bits per heavy atom. The van der Waals surface area contributed by atoms with Gasteiger partial charge in [0.25, 0.3) is 0 Å². The topological polar surface area (TPSA) is 80.0 Å². The molecule has 1 atom stereocenters. The summed E-state index contributed by atoms with van der Waals surface area (Å²) in [7, 11) is 0. The summed E-state index contributed by atoms with van der Waals surface area (Å²) in [6.45, 7) is 4.26. The highest BCUT2D eigenvalue weighted by Crippen LogP contribution is 2.28. The molecule has 1 aliphatic carbocycles.